The van der Waals surface area contributed by atoms with Crippen molar-refractivity contribution in [2.45, 2.75) is 0 Å². The molecule has 0 saturated heterocycles. The predicted octanol–water partition coefficient (Wildman–Crippen LogP) is 3.77. The number of ketones is 1. The van der Waals surface area contributed by atoms with Crippen LogP contribution in [0.5, 0.6) is 0 Å². The molecule has 1 aliphatic rings. The topological polar surface area (TPSA) is 57.6 Å². The molecule has 120 valence electrons. The van der Waals surface area contributed by atoms with Gasteiger partial charge in [-0.25, -0.2) is 4.79 Å². The Morgan fingerprint density at radius 1 is 0.958 bits per heavy atom. The molecule has 0 spiro atoms. The van der Waals surface area contributed by atoms with E-state index < -0.39 is 5.97 Å². The molecule has 0 aliphatic heterocycles. The number of hydrogen-bond donors (Lipinski definition) is 1. The molecule has 0 unspecified atom stereocenters. The van der Waals surface area contributed by atoms with E-state index in [0.29, 0.717) is 24.2 Å². The van der Waals surface area contributed by atoms with Gasteiger partial charge in [0.05, 0.1) is 5.56 Å². The van der Waals surface area contributed by atoms with Crippen molar-refractivity contribution in [2.75, 3.05) is 18.0 Å². The lowest BCUT2D eigenvalue weighted by Gasteiger charge is -2.22. The summed E-state index contributed by atoms with van der Waals surface area (Å²) in [6.07, 6.45) is 3.60. The fourth-order valence-corrected chi connectivity index (χ4v) is 2.99. The number of rotatable bonds is 6. The standard InChI is InChI=1S/C20H17NO3/c1-3-9-21(10-4-2)14-6-8-16-15-7-5-13(20(23)24)11-17(15)19(22)18(16)12-14/h3-8,11-12H,1-2,9-10H2,(H,23,24). The van der Waals surface area contributed by atoms with E-state index in [0.717, 1.165) is 16.8 Å². The van der Waals surface area contributed by atoms with Gasteiger partial charge in [-0.05, 0) is 35.4 Å². The van der Waals surface area contributed by atoms with Gasteiger partial charge in [-0.15, -0.1) is 13.2 Å². The van der Waals surface area contributed by atoms with E-state index in [1.807, 2.05) is 18.2 Å². The van der Waals surface area contributed by atoms with Gasteiger partial charge in [0.1, 0.15) is 0 Å². The molecule has 0 aromatic heterocycles. The first-order valence-electron chi connectivity index (χ1n) is 7.60. The summed E-state index contributed by atoms with van der Waals surface area (Å²) in [5.74, 6) is -1.17. The second-order valence-electron chi connectivity index (χ2n) is 5.61. The Morgan fingerprint density at radius 2 is 1.54 bits per heavy atom. The number of anilines is 1. The zero-order valence-corrected chi connectivity index (χ0v) is 13.2. The zero-order valence-electron chi connectivity index (χ0n) is 13.2. The third-order valence-corrected chi connectivity index (χ3v) is 4.11. The number of benzene rings is 2. The quantitative estimate of drug-likeness (QED) is 0.703. The van der Waals surface area contributed by atoms with Crippen LogP contribution < -0.4 is 4.90 Å². The van der Waals surface area contributed by atoms with Crippen LogP contribution in [0.3, 0.4) is 0 Å². The fraction of sp³-hybridized carbons (Fsp3) is 0.100. The maximum Gasteiger partial charge on any atom is 0.335 e. The van der Waals surface area contributed by atoms with Crippen LogP contribution >= 0.6 is 0 Å². The van der Waals surface area contributed by atoms with Gasteiger partial charge in [0.2, 0.25) is 0 Å². The molecule has 3 rings (SSSR count). The number of carbonyl (C=O) groups is 2. The highest BCUT2D eigenvalue weighted by Gasteiger charge is 2.28. The van der Waals surface area contributed by atoms with E-state index in [4.69, 9.17) is 5.11 Å². The van der Waals surface area contributed by atoms with Crippen molar-refractivity contribution >= 4 is 17.4 Å². The van der Waals surface area contributed by atoms with Crippen molar-refractivity contribution in [1.29, 1.82) is 0 Å². The molecule has 2 aromatic carbocycles. The maximum absolute atomic E-state index is 12.7. The number of carboxylic acid groups (broad SMARTS) is 1. The average molecular weight is 319 g/mol. The summed E-state index contributed by atoms with van der Waals surface area (Å²) in [5, 5.41) is 9.12. The fourth-order valence-electron chi connectivity index (χ4n) is 2.99. The molecule has 4 heteroatoms. The van der Waals surface area contributed by atoms with Crippen LogP contribution in [0.25, 0.3) is 11.1 Å². The Hall–Kier alpha value is -3.14. The van der Waals surface area contributed by atoms with Crippen molar-refractivity contribution in [3.05, 3.63) is 78.4 Å². The summed E-state index contributed by atoms with van der Waals surface area (Å²) in [4.78, 5) is 25.9. The van der Waals surface area contributed by atoms with E-state index in [1.165, 1.54) is 12.1 Å². The Kier molecular flexibility index (Phi) is 4.04. The van der Waals surface area contributed by atoms with Crippen molar-refractivity contribution < 1.29 is 14.7 Å². The number of carbonyl (C=O) groups excluding carboxylic acids is 1. The Balaban J connectivity index is 2.06. The third kappa shape index (κ3) is 2.52. The van der Waals surface area contributed by atoms with Crippen LogP contribution in [0.15, 0.2) is 61.7 Å². The second kappa shape index (κ2) is 6.16. The molecule has 0 heterocycles. The van der Waals surface area contributed by atoms with Crippen LogP contribution in [0, 0.1) is 0 Å². The van der Waals surface area contributed by atoms with Gasteiger partial charge in [0.25, 0.3) is 0 Å². The molecular weight excluding hydrogens is 302 g/mol. The van der Waals surface area contributed by atoms with Crippen LogP contribution in [-0.4, -0.2) is 29.9 Å². The lowest BCUT2D eigenvalue weighted by molar-refractivity contribution is 0.0697. The second-order valence-corrected chi connectivity index (χ2v) is 5.61. The van der Waals surface area contributed by atoms with E-state index >= 15 is 0 Å². The minimum Gasteiger partial charge on any atom is -0.478 e. The van der Waals surface area contributed by atoms with Gasteiger partial charge in [0, 0.05) is 29.9 Å². The summed E-state index contributed by atoms with van der Waals surface area (Å²) >= 11 is 0. The number of nitrogens with zero attached hydrogens (tertiary/aromatic N) is 1. The molecule has 0 amide bonds. The Labute approximate surface area is 140 Å². The number of carboxylic acids is 1. The summed E-state index contributed by atoms with van der Waals surface area (Å²) in [7, 11) is 0. The molecule has 24 heavy (non-hydrogen) atoms. The first-order chi connectivity index (χ1) is 11.6. The van der Waals surface area contributed by atoms with Gasteiger partial charge in [-0.1, -0.05) is 24.3 Å². The van der Waals surface area contributed by atoms with Crippen molar-refractivity contribution in [3.8, 4) is 11.1 Å². The number of fused-ring (bicyclic) bond motifs is 3. The zero-order chi connectivity index (χ0) is 17.3. The average Bonchev–Trinajstić information content (AvgIpc) is 2.86. The summed E-state index contributed by atoms with van der Waals surface area (Å²) in [5.41, 5.74) is 3.70. The molecule has 0 bridgehead atoms. The number of aromatic carboxylic acids is 1. The lowest BCUT2D eigenvalue weighted by Crippen LogP contribution is -2.23. The molecule has 1 N–H and O–H groups in total. The van der Waals surface area contributed by atoms with E-state index in [1.54, 1.807) is 18.2 Å². The first-order valence-corrected chi connectivity index (χ1v) is 7.60. The van der Waals surface area contributed by atoms with E-state index in [-0.39, 0.29) is 11.3 Å². The smallest absolute Gasteiger partial charge is 0.335 e. The van der Waals surface area contributed by atoms with Crippen LogP contribution in [0.2, 0.25) is 0 Å². The molecule has 0 fully saturated rings. The summed E-state index contributed by atoms with van der Waals surface area (Å²) in [6.45, 7) is 8.81. The van der Waals surface area contributed by atoms with Gasteiger partial charge in [0.15, 0.2) is 5.78 Å². The molecular formula is C20H17NO3. The third-order valence-electron chi connectivity index (χ3n) is 4.11. The van der Waals surface area contributed by atoms with Gasteiger partial charge in [-0.2, -0.15) is 0 Å². The monoisotopic (exact) mass is 319 g/mol. The SMILES string of the molecule is C=CCN(CC=C)c1ccc2c(c1)C(=O)c1cc(C(=O)O)ccc1-2. The minimum absolute atomic E-state index is 0.120. The Bertz CT molecular complexity index is 857. The molecule has 0 atom stereocenters. The van der Waals surface area contributed by atoms with Gasteiger partial charge in [-0.3, -0.25) is 4.79 Å². The predicted molar refractivity (Wildman–Crippen MR) is 94.9 cm³/mol. The summed E-state index contributed by atoms with van der Waals surface area (Å²) in [6, 6.07) is 10.4. The number of hydrogen-bond acceptors (Lipinski definition) is 3. The van der Waals surface area contributed by atoms with Gasteiger partial charge >= 0.3 is 5.97 Å². The highest BCUT2D eigenvalue weighted by atomic mass is 16.4. The van der Waals surface area contributed by atoms with Crippen LogP contribution in [0.4, 0.5) is 5.69 Å². The first kappa shape index (κ1) is 15.7. The molecule has 2 aromatic rings. The van der Waals surface area contributed by atoms with Crippen molar-refractivity contribution in [2.24, 2.45) is 0 Å². The molecule has 1 aliphatic carbocycles. The normalized spacial score (nSPS) is 11.6. The van der Waals surface area contributed by atoms with E-state index in [9.17, 15) is 9.59 Å². The highest BCUT2D eigenvalue weighted by Crippen LogP contribution is 2.38. The van der Waals surface area contributed by atoms with E-state index in [2.05, 4.69) is 18.1 Å². The molecule has 0 saturated carbocycles. The van der Waals surface area contributed by atoms with Crippen molar-refractivity contribution in [3.63, 3.8) is 0 Å². The maximum atomic E-state index is 12.7. The highest BCUT2D eigenvalue weighted by molar-refractivity contribution is 6.22. The lowest BCUT2D eigenvalue weighted by atomic mass is 10.0. The molecule has 0 radical (unpaired) electrons. The minimum atomic E-state index is -1.04. The van der Waals surface area contributed by atoms with Gasteiger partial charge < -0.3 is 10.0 Å². The Morgan fingerprint density at radius 3 is 2.12 bits per heavy atom. The largest absolute Gasteiger partial charge is 0.478 e. The molecule has 4 nitrogen and oxygen atoms in total. The van der Waals surface area contributed by atoms with Crippen LogP contribution in [0.1, 0.15) is 26.3 Å². The van der Waals surface area contributed by atoms with Crippen LogP contribution in [-0.2, 0) is 0 Å². The summed E-state index contributed by atoms with van der Waals surface area (Å²) < 4.78 is 0. The van der Waals surface area contributed by atoms with Crippen molar-refractivity contribution in [1.82, 2.24) is 0 Å².